The van der Waals surface area contributed by atoms with Crippen molar-refractivity contribution in [3.05, 3.63) is 71.0 Å². The average Bonchev–Trinajstić information content (AvgIpc) is 2.43. The van der Waals surface area contributed by atoms with Crippen molar-refractivity contribution in [3.63, 3.8) is 0 Å². The summed E-state index contributed by atoms with van der Waals surface area (Å²) in [5.41, 5.74) is 2.83. The minimum atomic E-state index is -3.40. The predicted molar refractivity (Wildman–Crippen MR) is 81.9 cm³/mol. The van der Waals surface area contributed by atoms with E-state index in [-0.39, 0.29) is 11.6 Å². The first-order valence-electron chi connectivity index (χ1n) is 6.72. The van der Waals surface area contributed by atoms with Crippen molar-refractivity contribution in [3.8, 4) is 0 Å². The topological polar surface area (TPSA) is 46.2 Å². The number of halogens is 1. The van der Waals surface area contributed by atoms with Crippen molar-refractivity contribution in [2.24, 2.45) is 0 Å². The van der Waals surface area contributed by atoms with Crippen molar-refractivity contribution in [1.29, 1.82) is 0 Å². The average molecular weight is 307 g/mol. The number of hydrogen-bond donors (Lipinski definition) is 1. The van der Waals surface area contributed by atoms with Gasteiger partial charge in [0.15, 0.2) is 0 Å². The molecule has 2 aromatic rings. The number of rotatable bonds is 6. The summed E-state index contributed by atoms with van der Waals surface area (Å²) in [5.74, 6) is -0.509. The Morgan fingerprint density at radius 2 is 1.52 bits per heavy atom. The first-order chi connectivity index (χ1) is 9.94. The Hall–Kier alpha value is -1.72. The normalized spacial score (nSPS) is 11.5. The van der Waals surface area contributed by atoms with Gasteiger partial charge in [0, 0.05) is 6.54 Å². The summed E-state index contributed by atoms with van der Waals surface area (Å²) in [7, 11) is -3.40. The zero-order chi connectivity index (χ0) is 15.3. The number of nitrogens with one attached hydrogen (secondary N) is 1. The van der Waals surface area contributed by atoms with Gasteiger partial charge in [-0.2, -0.15) is 0 Å². The summed E-state index contributed by atoms with van der Waals surface area (Å²) in [6.07, 6.45) is 0.642. The summed E-state index contributed by atoms with van der Waals surface area (Å²) >= 11 is 0. The van der Waals surface area contributed by atoms with E-state index in [4.69, 9.17) is 0 Å². The Bertz CT molecular complexity index is 679. The molecule has 1 N–H and O–H groups in total. The molecule has 0 amide bonds. The first-order valence-corrected chi connectivity index (χ1v) is 8.37. The highest BCUT2D eigenvalue weighted by atomic mass is 32.2. The third-order valence-electron chi connectivity index (χ3n) is 3.13. The van der Waals surface area contributed by atoms with E-state index in [1.54, 1.807) is 0 Å². The van der Waals surface area contributed by atoms with Crippen molar-refractivity contribution < 1.29 is 12.8 Å². The minimum absolute atomic E-state index is 0.138. The highest BCUT2D eigenvalue weighted by Gasteiger charge is 2.10. The van der Waals surface area contributed by atoms with Crippen LogP contribution in [-0.4, -0.2) is 15.0 Å². The summed E-state index contributed by atoms with van der Waals surface area (Å²) in [4.78, 5) is 0. The van der Waals surface area contributed by atoms with Crippen LogP contribution < -0.4 is 4.72 Å². The van der Waals surface area contributed by atoms with Crippen LogP contribution >= 0.6 is 0 Å². The number of sulfonamides is 1. The molecule has 0 aromatic heterocycles. The second kappa shape index (κ2) is 6.83. The Kier molecular flexibility index (Phi) is 5.09. The van der Waals surface area contributed by atoms with E-state index >= 15 is 0 Å². The molecule has 3 nitrogen and oxygen atoms in total. The molecule has 0 spiro atoms. The molecular formula is C16H18FNO2S. The van der Waals surface area contributed by atoms with Crippen LogP contribution in [0, 0.1) is 12.7 Å². The third kappa shape index (κ3) is 5.28. The van der Waals surface area contributed by atoms with Crippen LogP contribution in [0.5, 0.6) is 0 Å². The van der Waals surface area contributed by atoms with Crippen molar-refractivity contribution in [2.45, 2.75) is 19.1 Å². The predicted octanol–water partition coefficient (Wildman–Crippen LogP) is 2.80. The first kappa shape index (κ1) is 15.7. The van der Waals surface area contributed by atoms with E-state index in [1.807, 2.05) is 31.2 Å². The number of benzene rings is 2. The summed E-state index contributed by atoms with van der Waals surface area (Å²) in [6, 6.07) is 13.5. The molecule has 0 aliphatic rings. The van der Waals surface area contributed by atoms with Crippen LogP contribution in [-0.2, 0) is 22.2 Å². The SMILES string of the molecule is Cc1ccc(CCNS(=O)(=O)Cc2ccc(F)cc2)cc1. The van der Waals surface area contributed by atoms with Gasteiger partial charge in [0.1, 0.15) is 5.82 Å². The third-order valence-corrected chi connectivity index (χ3v) is 4.48. The molecule has 2 rings (SSSR count). The lowest BCUT2D eigenvalue weighted by Gasteiger charge is -2.07. The second-order valence-electron chi connectivity index (χ2n) is 5.02. The van der Waals surface area contributed by atoms with Gasteiger partial charge in [-0.3, -0.25) is 0 Å². The van der Waals surface area contributed by atoms with Crippen LogP contribution in [0.2, 0.25) is 0 Å². The van der Waals surface area contributed by atoms with Crippen molar-refractivity contribution in [1.82, 2.24) is 4.72 Å². The van der Waals surface area contributed by atoms with Gasteiger partial charge in [-0.25, -0.2) is 17.5 Å². The zero-order valence-corrected chi connectivity index (χ0v) is 12.7. The van der Waals surface area contributed by atoms with Gasteiger partial charge < -0.3 is 0 Å². The van der Waals surface area contributed by atoms with Gasteiger partial charge in [-0.1, -0.05) is 42.0 Å². The smallest absolute Gasteiger partial charge is 0.215 e. The van der Waals surface area contributed by atoms with Crippen LogP contribution in [0.1, 0.15) is 16.7 Å². The molecule has 0 bridgehead atoms. The summed E-state index contributed by atoms with van der Waals surface area (Å²) in [5, 5.41) is 0. The van der Waals surface area contributed by atoms with Gasteiger partial charge in [-0.15, -0.1) is 0 Å². The largest absolute Gasteiger partial charge is 0.215 e. The standard InChI is InChI=1S/C16H18FNO2S/c1-13-2-4-14(5-3-13)10-11-18-21(19,20)12-15-6-8-16(17)9-7-15/h2-9,18H,10-12H2,1H3. The molecule has 0 heterocycles. The van der Waals surface area contributed by atoms with Crippen molar-refractivity contribution in [2.75, 3.05) is 6.54 Å². The highest BCUT2D eigenvalue weighted by molar-refractivity contribution is 7.88. The Morgan fingerprint density at radius 1 is 0.952 bits per heavy atom. The van der Waals surface area contributed by atoms with E-state index in [0.717, 1.165) is 5.56 Å². The van der Waals surface area contributed by atoms with Crippen LogP contribution in [0.3, 0.4) is 0 Å². The fourth-order valence-electron chi connectivity index (χ4n) is 1.96. The highest BCUT2D eigenvalue weighted by Crippen LogP contribution is 2.07. The fourth-order valence-corrected chi connectivity index (χ4v) is 3.10. The Balaban J connectivity index is 1.86. The monoisotopic (exact) mass is 307 g/mol. The second-order valence-corrected chi connectivity index (χ2v) is 6.82. The van der Waals surface area contributed by atoms with E-state index < -0.39 is 10.0 Å². The molecule has 21 heavy (non-hydrogen) atoms. The van der Waals surface area contributed by atoms with Gasteiger partial charge in [0.25, 0.3) is 0 Å². The van der Waals surface area contributed by atoms with Crippen LogP contribution in [0.15, 0.2) is 48.5 Å². The lowest BCUT2D eigenvalue weighted by atomic mass is 10.1. The molecule has 2 aromatic carbocycles. The number of hydrogen-bond acceptors (Lipinski definition) is 2. The zero-order valence-electron chi connectivity index (χ0n) is 11.8. The molecule has 5 heteroatoms. The fraction of sp³-hybridized carbons (Fsp3) is 0.250. The number of aryl methyl sites for hydroxylation is 1. The Morgan fingerprint density at radius 3 is 2.14 bits per heavy atom. The molecule has 0 aliphatic heterocycles. The minimum Gasteiger partial charge on any atom is -0.215 e. The van der Waals surface area contributed by atoms with E-state index in [2.05, 4.69) is 4.72 Å². The molecule has 0 unspecified atom stereocenters. The lowest BCUT2D eigenvalue weighted by molar-refractivity contribution is 0.580. The van der Waals surface area contributed by atoms with Gasteiger partial charge >= 0.3 is 0 Å². The molecule has 0 atom stereocenters. The maximum Gasteiger partial charge on any atom is 0.215 e. The molecular weight excluding hydrogens is 289 g/mol. The van der Waals surface area contributed by atoms with Gasteiger partial charge in [0.2, 0.25) is 10.0 Å². The molecule has 0 saturated heterocycles. The maximum atomic E-state index is 12.8. The lowest BCUT2D eigenvalue weighted by Crippen LogP contribution is -2.27. The quantitative estimate of drug-likeness (QED) is 0.892. The van der Waals surface area contributed by atoms with E-state index in [9.17, 15) is 12.8 Å². The molecule has 0 radical (unpaired) electrons. The van der Waals surface area contributed by atoms with Gasteiger partial charge in [0.05, 0.1) is 5.75 Å². The van der Waals surface area contributed by atoms with Crippen molar-refractivity contribution >= 4 is 10.0 Å². The Labute approximate surface area is 124 Å². The van der Waals surface area contributed by atoms with E-state index in [1.165, 1.54) is 29.8 Å². The van der Waals surface area contributed by atoms with Gasteiger partial charge in [-0.05, 0) is 36.6 Å². The maximum absolute atomic E-state index is 12.8. The molecule has 0 fully saturated rings. The van der Waals surface area contributed by atoms with Crippen LogP contribution in [0.25, 0.3) is 0 Å². The molecule has 0 aliphatic carbocycles. The molecule has 0 saturated carbocycles. The van der Waals surface area contributed by atoms with Crippen LogP contribution in [0.4, 0.5) is 4.39 Å². The molecule has 112 valence electrons. The van der Waals surface area contributed by atoms with E-state index in [0.29, 0.717) is 18.5 Å². The summed E-state index contributed by atoms with van der Waals surface area (Å²) < 4.78 is 39.2. The summed E-state index contributed by atoms with van der Waals surface area (Å²) in [6.45, 7) is 2.36.